The Morgan fingerprint density at radius 1 is 1.23 bits per heavy atom. The topological polar surface area (TPSA) is 103 Å². The van der Waals surface area contributed by atoms with Gasteiger partial charge in [0, 0.05) is 13.1 Å². The second kappa shape index (κ2) is 7.37. The summed E-state index contributed by atoms with van der Waals surface area (Å²) < 4.78 is 4.98. The summed E-state index contributed by atoms with van der Waals surface area (Å²) in [6.07, 6.45) is 0.640. The molecule has 0 saturated heterocycles. The number of benzene rings is 1. The van der Waals surface area contributed by atoms with Crippen LogP contribution in [0.25, 0.3) is 0 Å². The zero-order valence-electron chi connectivity index (χ0n) is 12.0. The van der Waals surface area contributed by atoms with Crippen molar-refractivity contribution in [2.75, 3.05) is 13.1 Å². The lowest BCUT2D eigenvalue weighted by atomic mass is 10.2. The lowest BCUT2D eigenvalue weighted by Crippen LogP contribution is -2.32. The smallest absolute Gasteiger partial charge is 0.395 e. The molecule has 0 atom stereocenters. The Balaban J connectivity index is 2.16. The van der Waals surface area contributed by atoms with Crippen molar-refractivity contribution in [2.24, 2.45) is 5.73 Å². The van der Waals surface area contributed by atoms with Gasteiger partial charge in [-0.2, -0.15) is 0 Å². The number of carbonyl (C=O) groups excluding carboxylic acids is 1. The Hall–Kier alpha value is -2.67. The van der Waals surface area contributed by atoms with Gasteiger partial charge in [-0.05, 0) is 24.6 Å². The third-order valence-electron chi connectivity index (χ3n) is 3.12. The van der Waals surface area contributed by atoms with Crippen molar-refractivity contribution in [3.05, 3.63) is 63.9 Å². The van der Waals surface area contributed by atoms with Gasteiger partial charge in [-0.3, -0.25) is 14.9 Å². The predicted octanol–water partition coefficient (Wildman–Crippen LogP) is 2.18. The summed E-state index contributed by atoms with van der Waals surface area (Å²) in [5.41, 5.74) is 6.47. The first-order valence-corrected chi connectivity index (χ1v) is 6.89. The maximum atomic E-state index is 12.5. The molecule has 1 heterocycles. The highest BCUT2D eigenvalue weighted by molar-refractivity contribution is 5.91. The molecule has 1 aromatic heterocycles. The molecule has 2 rings (SSSR count). The van der Waals surface area contributed by atoms with Crippen LogP contribution in [-0.4, -0.2) is 28.8 Å². The molecule has 0 fully saturated rings. The third-order valence-corrected chi connectivity index (χ3v) is 3.12. The maximum Gasteiger partial charge on any atom is 0.433 e. The zero-order chi connectivity index (χ0) is 15.9. The molecular formula is C15H17N3O4. The van der Waals surface area contributed by atoms with Crippen LogP contribution in [0.15, 0.2) is 46.9 Å². The van der Waals surface area contributed by atoms with Crippen molar-refractivity contribution in [1.29, 1.82) is 0 Å². The van der Waals surface area contributed by atoms with Gasteiger partial charge >= 0.3 is 5.88 Å². The largest absolute Gasteiger partial charge is 0.433 e. The van der Waals surface area contributed by atoms with Crippen molar-refractivity contribution >= 4 is 11.8 Å². The quantitative estimate of drug-likeness (QED) is 0.623. The Kier molecular flexibility index (Phi) is 5.26. The van der Waals surface area contributed by atoms with E-state index in [-0.39, 0.29) is 11.7 Å². The number of hydrogen-bond donors (Lipinski definition) is 1. The van der Waals surface area contributed by atoms with Crippen LogP contribution in [0.2, 0.25) is 0 Å². The summed E-state index contributed by atoms with van der Waals surface area (Å²) in [6.45, 7) is 1.31. The Bertz CT molecular complexity index is 639. The predicted molar refractivity (Wildman–Crippen MR) is 80.2 cm³/mol. The maximum absolute atomic E-state index is 12.5. The molecule has 0 spiro atoms. The molecule has 7 nitrogen and oxygen atoms in total. The highest BCUT2D eigenvalue weighted by Gasteiger charge is 2.22. The molecule has 22 heavy (non-hydrogen) atoms. The van der Waals surface area contributed by atoms with Crippen molar-refractivity contribution in [2.45, 2.75) is 13.0 Å². The molecular weight excluding hydrogens is 286 g/mol. The van der Waals surface area contributed by atoms with Gasteiger partial charge in [0.1, 0.15) is 4.92 Å². The van der Waals surface area contributed by atoms with Gasteiger partial charge in [0.2, 0.25) is 0 Å². The molecule has 1 amide bonds. The average Bonchev–Trinajstić information content (AvgIpc) is 3.02. The van der Waals surface area contributed by atoms with Gasteiger partial charge in [0.05, 0.1) is 6.07 Å². The second-order valence-electron chi connectivity index (χ2n) is 4.75. The molecule has 2 N–H and O–H groups in total. The van der Waals surface area contributed by atoms with E-state index in [1.165, 1.54) is 12.1 Å². The van der Waals surface area contributed by atoms with Crippen LogP contribution >= 0.6 is 0 Å². The zero-order valence-corrected chi connectivity index (χ0v) is 12.0. The van der Waals surface area contributed by atoms with Gasteiger partial charge in [-0.1, -0.05) is 30.3 Å². The summed E-state index contributed by atoms with van der Waals surface area (Å²) in [4.78, 5) is 24.0. The number of amides is 1. The highest BCUT2D eigenvalue weighted by atomic mass is 16.6. The minimum Gasteiger partial charge on any atom is -0.395 e. The lowest BCUT2D eigenvalue weighted by Gasteiger charge is -2.21. The van der Waals surface area contributed by atoms with Crippen LogP contribution in [0.1, 0.15) is 22.5 Å². The summed E-state index contributed by atoms with van der Waals surface area (Å²) >= 11 is 0. The summed E-state index contributed by atoms with van der Waals surface area (Å²) in [5.74, 6) is -0.869. The average molecular weight is 303 g/mol. The first kappa shape index (κ1) is 15.7. The van der Waals surface area contributed by atoms with E-state index in [4.69, 9.17) is 10.2 Å². The normalized spacial score (nSPS) is 10.4. The van der Waals surface area contributed by atoms with Gasteiger partial charge in [-0.15, -0.1) is 0 Å². The molecule has 0 aliphatic rings. The van der Waals surface area contributed by atoms with E-state index in [0.29, 0.717) is 26.1 Å². The van der Waals surface area contributed by atoms with Crippen LogP contribution in [0.3, 0.4) is 0 Å². The van der Waals surface area contributed by atoms with Crippen molar-refractivity contribution in [3.63, 3.8) is 0 Å². The van der Waals surface area contributed by atoms with E-state index < -0.39 is 10.8 Å². The molecule has 0 unspecified atom stereocenters. The van der Waals surface area contributed by atoms with Gasteiger partial charge in [-0.25, -0.2) is 0 Å². The summed E-state index contributed by atoms with van der Waals surface area (Å²) in [6, 6.07) is 12.0. The SMILES string of the molecule is NCCCN(Cc1ccccc1)C(=O)c1ccc([N+](=O)[O-])o1. The van der Waals surface area contributed by atoms with E-state index in [0.717, 1.165) is 5.56 Å². The summed E-state index contributed by atoms with van der Waals surface area (Å²) in [5, 5.41) is 10.6. The van der Waals surface area contributed by atoms with E-state index >= 15 is 0 Å². The van der Waals surface area contributed by atoms with Gasteiger partial charge in [0.25, 0.3) is 5.91 Å². The first-order valence-electron chi connectivity index (χ1n) is 6.89. The number of furan rings is 1. The van der Waals surface area contributed by atoms with Crippen LogP contribution < -0.4 is 5.73 Å². The standard InChI is InChI=1S/C15H17N3O4/c16-9-4-10-17(11-12-5-2-1-3-6-12)15(19)13-7-8-14(22-13)18(20)21/h1-3,5-8H,4,9-11,16H2. The van der Waals surface area contributed by atoms with E-state index in [2.05, 4.69) is 0 Å². The molecule has 116 valence electrons. The Morgan fingerprint density at radius 3 is 2.55 bits per heavy atom. The van der Waals surface area contributed by atoms with E-state index in [9.17, 15) is 14.9 Å². The lowest BCUT2D eigenvalue weighted by molar-refractivity contribution is -0.402. The van der Waals surface area contributed by atoms with Crippen molar-refractivity contribution in [1.82, 2.24) is 4.90 Å². The summed E-state index contributed by atoms with van der Waals surface area (Å²) in [7, 11) is 0. The molecule has 0 aliphatic heterocycles. The number of nitro groups is 1. The van der Waals surface area contributed by atoms with Crippen molar-refractivity contribution < 1.29 is 14.1 Å². The Morgan fingerprint density at radius 2 is 1.95 bits per heavy atom. The molecule has 0 bridgehead atoms. The fourth-order valence-electron chi connectivity index (χ4n) is 2.03. The molecule has 0 radical (unpaired) electrons. The molecule has 1 aromatic carbocycles. The number of nitrogens with two attached hydrogens (primary N) is 1. The minimum atomic E-state index is -0.668. The van der Waals surface area contributed by atoms with E-state index in [1.807, 2.05) is 30.3 Å². The number of rotatable bonds is 7. The number of carbonyl (C=O) groups is 1. The highest BCUT2D eigenvalue weighted by Crippen LogP contribution is 2.18. The van der Waals surface area contributed by atoms with Gasteiger partial charge < -0.3 is 15.1 Å². The van der Waals surface area contributed by atoms with Crippen LogP contribution in [0.4, 0.5) is 5.88 Å². The van der Waals surface area contributed by atoms with E-state index in [1.54, 1.807) is 4.90 Å². The fraction of sp³-hybridized carbons (Fsp3) is 0.267. The monoisotopic (exact) mass is 303 g/mol. The second-order valence-corrected chi connectivity index (χ2v) is 4.75. The van der Waals surface area contributed by atoms with Gasteiger partial charge in [0.15, 0.2) is 5.76 Å². The molecule has 0 saturated carbocycles. The third kappa shape index (κ3) is 3.92. The van der Waals surface area contributed by atoms with Crippen molar-refractivity contribution in [3.8, 4) is 0 Å². The molecule has 0 aliphatic carbocycles. The molecule has 2 aromatic rings. The molecule has 7 heteroatoms. The first-order chi connectivity index (χ1) is 10.6. The van der Waals surface area contributed by atoms with Crippen LogP contribution in [0, 0.1) is 10.1 Å². The minimum absolute atomic E-state index is 0.0420. The van der Waals surface area contributed by atoms with Crippen LogP contribution in [-0.2, 0) is 6.54 Å². The Labute approximate surface area is 127 Å². The van der Waals surface area contributed by atoms with Crippen LogP contribution in [0.5, 0.6) is 0 Å². The fourth-order valence-corrected chi connectivity index (χ4v) is 2.03. The number of hydrogen-bond acceptors (Lipinski definition) is 5. The number of nitrogens with zero attached hydrogens (tertiary/aromatic N) is 2.